The van der Waals surface area contributed by atoms with E-state index in [4.69, 9.17) is 0 Å². The third-order valence-corrected chi connectivity index (χ3v) is 3.78. The third kappa shape index (κ3) is 4.74. The van der Waals surface area contributed by atoms with Gasteiger partial charge in [0.25, 0.3) is 5.69 Å². The summed E-state index contributed by atoms with van der Waals surface area (Å²) < 4.78 is 0. The van der Waals surface area contributed by atoms with Crippen molar-refractivity contribution < 1.29 is 4.92 Å². The molecule has 0 aliphatic carbocycles. The summed E-state index contributed by atoms with van der Waals surface area (Å²) in [5, 5.41) is 13.9. The molecule has 2 rings (SSSR count). The zero-order valence-corrected chi connectivity index (χ0v) is 12.6. The molecule has 1 fully saturated rings. The maximum atomic E-state index is 10.6. The first-order chi connectivity index (χ1) is 9.19. The average molecular weight is 300 g/mol. The first-order valence-corrected chi connectivity index (χ1v) is 6.82. The smallest absolute Gasteiger partial charge is 0.269 e. The number of benzene rings is 1. The largest absolute Gasteiger partial charge is 0.316 e. The molecular weight excluding hydrogens is 278 g/mol. The third-order valence-electron chi connectivity index (χ3n) is 3.78. The lowest BCUT2D eigenvalue weighted by Gasteiger charge is -2.32. The van der Waals surface area contributed by atoms with Crippen molar-refractivity contribution in [2.45, 2.75) is 25.3 Å². The second kappa shape index (κ2) is 8.19. The van der Waals surface area contributed by atoms with Crippen LogP contribution >= 0.6 is 12.4 Å². The molecule has 1 unspecified atom stereocenters. The van der Waals surface area contributed by atoms with Crippen molar-refractivity contribution in [3.63, 3.8) is 0 Å². The highest BCUT2D eigenvalue weighted by Crippen LogP contribution is 2.14. The predicted octanol–water partition coefficient (Wildman–Crippen LogP) is 2.24. The van der Waals surface area contributed by atoms with Gasteiger partial charge in [0.15, 0.2) is 0 Å². The minimum Gasteiger partial charge on any atom is -0.316 e. The van der Waals surface area contributed by atoms with Gasteiger partial charge in [-0.2, -0.15) is 0 Å². The van der Waals surface area contributed by atoms with Gasteiger partial charge in [0.1, 0.15) is 0 Å². The molecule has 1 aliphatic rings. The summed E-state index contributed by atoms with van der Waals surface area (Å²) in [6.45, 7) is 3.28. The van der Waals surface area contributed by atoms with E-state index in [2.05, 4.69) is 10.2 Å². The molecule has 0 bridgehead atoms. The van der Waals surface area contributed by atoms with E-state index in [-0.39, 0.29) is 23.0 Å². The molecule has 1 aromatic carbocycles. The minimum absolute atomic E-state index is 0. The van der Waals surface area contributed by atoms with Crippen LogP contribution in [0.1, 0.15) is 18.4 Å². The molecule has 0 aromatic heterocycles. The number of rotatable bonds is 5. The van der Waals surface area contributed by atoms with E-state index in [1.807, 2.05) is 19.2 Å². The number of nitro benzene ring substituents is 1. The van der Waals surface area contributed by atoms with Crippen molar-refractivity contribution in [2.75, 3.05) is 26.7 Å². The maximum Gasteiger partial charge on any atom is 0.269 e. The minimum atomic E-state index is -0.355. The van der Waals surface area contributed by atoms with Crippen LogP contribution in [0.2, 0.25) is 0 Å². The highest BCUT2D eigenvalue weighted by Gasteiger charge is 2.17. The second-order valence-corrected chi connectivity index (χ2v) is 5.10. The Kier molecular flexibility index (Phi) is 6.91. The van der Waals surface area contributed by atoms with Crippen molar-refractivity contribution in [3.05, 3.63) is 39.9 Å². The molecule has 1 heterocycles. The summed E-state index contributed by atoms with van der Waals surface area (Å²) in [4.78, 5) is 12.7. The number of nitrogens with zero attached hydrogens (tertiary/aromatic N) is 2. The molecule has 1 aliphatic heterocycles. The van der Waals surface area contributed by atoms with Gasteiger partial charge in [-0.05, 0) is 38.4 Å². The summed E-state index contributed by atoms with van der Waals surface area (Å²) >= 11 is 0. The Morgan fingerprint density at radius 1 is 1.40 bits per heavy atom. The number of nitrogens with one attached hydrogen (secondary N) is 1. The summed E-state index contributed by atoms with van der Waals surface area (Å²) in [6, 6.07) is 7.49. The highest BCUT2D eigenvalue weighted by molar-refractivity contribution is 5.85. The van der Waals surface area contributed by atoms with Gasteiger partial charge in [0, 0.05) is 31.3 Å². The number of likely N-dealkylation sites (tertiary alicyclic amines) is 1. The first-order valence-electron chi connectivity index (χ1n) is 6.82. The van der Waals surface area contributed by atoms with Gasteiger partial charge >= 0.3 is 0 Å². The number of hydrogen-bond acceptors (Lipinski definition) is 4. The summed E-state index contributed by atoms with van der Waals surface area (Å²) in [5.74, 6) is 0. The van der Waals surface area contributed by atoms with Crippen LogP contribution in [0.25, 0.3) is 0 Å². The number of hydrogen-bond donors (Lipinski definition) is 1. The lowest BCUT2D eigenvalue weighted by Crippen LogP contribution is -2.44. The SMILES string of the molecule is CNC1CCCN(CCc2ccc([N+](=O)[O-])cc2)C1.Cl. The van der Waals surface area contributed by atoms with Gasteiger partial charge in [-0.25, -0.2) is 0 Å². The normalized spacial score (nSPS) is 19.4. The molecule has 1 saturated heterocycles. The Morgan fingerprint density at radius 3 is 2.70 bits per heavy atom. The molecule has 0 amide bonds. The fourth-order valence-corrected chi connectivity index (χ4v) is 2.57. The molecule has 1 N–H and O–H groups in total. The number of likely N-dealkylation sites (N-methyl/N-ethyl adjacent to an activating group) is 1. The zero-order valence-electron chi connectivity index (χ0n) is 11.7. The average Bonchev–Trinajstić information content (AvgIpc) is 2.46. The highest BCUT2D eigenvalue weighted by atomic mass is 35.5. The van der Waals surface area contributed by atoms with Crippen LogP contribution in [0.5, 0.6) is 0 Å². The monoisotopic (exact) mass is 299 g/mol. The van der Waals surface area contributed by atoms with Crippen LogP contribution in [-0.2, 0) is 6.42 Å². The van der Waals surface area contributed by atoms with E-state index in [0.717, 1.165) is 31.6 Å². The van der Waals surface area contributed by atoms with E-state index in [1.165, 1.54) is 12.8 Å². The van der Waals surface area contributed by atoms with E-state index >= 15 is 0 Å². The summed E-state index contributed by atoms with van der Waals surface area (Å²) in [5.41, 5.74) is 1.33. The fourth-order valence-electron chi connectivity index (χ4n) is 2.57. The van der Waals surface area contributed by atoms with Crippen LogP contribution in [0.3, 0.4) is 0 Å². The molecule has 112 valence electrons. The predicted molar refractivity (Wildman–Crippen MR) is 82.6 cm³/mol. The Labute approximate surface area is 125 Å². The van der Waals surface area contributed by atoms with Crippen molar-refractivity contribution in [1.82, 2.24) is 10.2 Å². The van der Waals surface area contributed by atoms with Crippen LogP contribution in [0.15, 0.2) is 24.3 Å². The lowest BCUT2D eigenvalue weighted by molar-refractivity contribution is -0.384. The zero-order chi connectivity index (χ0) is 13.7. The van der Waals surface area contributed by atoms with E-state index in [9.17, 15) is 10.1 Å². The number of piperidine rings is 1. The molecule has 5 nitrogen and oxygen atoms in total. The number of nitro groups is 1. The van der Waals surface area contributed by atoms with Crippen molar-refractivity contribution >= 4 is 18.1 Å². The topological polar surface area (TPSA) is 58.4 Å². The van der Waals surface area contributed by atoms with Crippen molar-refractivity contribution in [2.24, 2.45) is 0 Å². The molecule has 20 heavy (non-hydrogen) atoms. The van der Waals surface area contributed by atoms with Crippen molar-refractivity contribution in [3.8, 4) is 0 Å². The summed E-state index contributed by atoms with van der Waals surface area (Å²) in [6.07, 6.45) is 3.45. The maximum absolute atomic E-state index is 10.6. The van der Waals surface area contributed by atoms with Crippen LogP contribution in [-0.4, -0.2) is 42.5 Å². The first kappa shape index (κ1) is 16.9. The number of non-ortho nitro benzene ring substituents is 1. The van der Waals surface area contributed by atoms with Gasteiger partial charge in [-0.15, -0.1) is 12.4 Å². The quantitative estimate of drug-likeness (QED) is 0.669. The Bertz CT molecular complexity index is 425. The van der Waals surface area contributed by atoms with Gasteiger partial charge < -0.3 is 10.2 Å². The van der Waals surface area contributed by atoms with Gasteiger partial charge in [-0.1, -0.05) is 12.1 Å². The molecular formula is C14H22ClN3O2. The second-order valence-electron chi connectivity index (χ2n) is 5.10. The Balaban J connectivity index is 0.00000200. The lowest BCUT2D eigenvalue weighted by atomic mass is 10.0. The molecule has 6 heteroatoms. The number of halogens is 1. The van der Waals surface area contributed by atoms with E-state index in [0.29, 0.717) is 6.04 Å². The molecule has 0 radical (unpaired) electrons. The fraction of sp³-hybridized carbons (Fsp3) is 0.571. The molecule has 1 atom stereocenters. The van der Waals surface area contributed by atoms with Crippen LogP contribution < -0.4 is 5.32 Å². The van der Waals surface area contributed by atoms with Crippen molar-refractivity contribution in [1.29, 1.82) is 0 Å². The van der Waals surface area contributed by atoms with Gasteiger partial charge in [-0.3, -0.25) is 10.1 Å². The van der Waals surface area contributed by atoms with E-state index < -0.39 is 0 Å². The molecule has 0 spiro atoms. The molecule has 1 aromatic rings. The van der Waals surface area contributed by atoms with Crippen LogP contribution in [0.4, 0.5) is 5.69 Å². The summed E-state index contributed by atoms with van der Waals surface area (Å²) in [7, 11) is 2.02. The Hall–Kier alpha value is -1.17. The van der Waals surface area contributed by atoms with Crippen LogP contribution in [0, 0.1) is 10.1 Å². The Morgan fingerprint density at radius 2 is 2.10 bits per heavy atom. The van der Waals surface area contributed by atoms with Gasteiger partial charge in [0.2, 0.25) is 0 Å². The van der Waals surface area contributed by atoms with E-state index in [1.54, 1.807) is 12.1 Å². The molecule has 0 saturated carbocycles. The standard InChI is InChI=1S/C14H21N3O2.ClH/c1-15-13-3-2-9-16(11-13)10-8-12-4-6-14(7-5-12)17(18)19;/h4-7,13,15H,2-3,8-11H2,1H3;1H. The van der Waals surface area contributed by atoms with Gasteiger partial charge in [0.05, 0.1) is 4.92 Å².